The number of aliphatic hydroxyl groups excluding tert-OH is 1. The molecular weight excluding hydrogens is 466 g/mol. The van der Waals surface area contributed by atoms with Crippen molar-refractivity contribution in [3.63, 3.8) is 0 Å². The van der Waals surface area contributed by atoms with Crippen LogP contribution in [-0.2, 0) is 0 Å². The Hall–Kier alpha value is -4.57. The SMILES string of the molecule is Cc1cn(-c2cncc3[nH]c(-c4n[nH]c5ccc(-c6cncc(NC(O)CC(C)C)c6)cc45)nc23)cn1. The summed E-state index contributed by atoms with van der Waals surface area (Å²) in [4.78, 5) is 21.3. The Kier molecular flexibility index (Phi) is 5.65. The predicted octanol–water partition coefficient (Wildman–Crippen LogP) is 4.83. The summed E-state index contributed by atoms with van der Waals surface area (Å²) < 4.78 is 1.92. The first-order valence-corrected chi connectivity index (χ1v) is 12.2. The van der Waals surface area contributed by atoms with Crippen LogP contribution in [0.5, 0.6) is 0 Å². The number of benzene rings is 1. The van der Waals surface area contributed by atoms with Gasteiger partial charge in [0.1, 0.15) is 17.4 Å². The molecule has 10 nitrogen and oxygen atoms in total. The summed E-state index contributed by atoms with van der Waals surface area (Å²) in [5.41, 5.74) is 7.67. The number of hydrogen-bond donors (Lipinski definition) is 4. The van der Waals surface area contributed by atoms with Gasteiger partial charge in [-0.2, -0.15) is 5.10 Å². The largest absolute Gasteiger partial charge is 0.374 e. The fourth-order valence-electron chi connectivity index (χ4n) is 4.52. The van der Waals surface area contributed by atoms with E-state index >= 15 is 0 Å². The molecule has 4 N–H and O–H groups in total. The summed E-state index contributed by atoms with van der Waals surface area (Å²) in [5.74, 6) is 1.03. The number of aromatic nitrogens is 8. The normalized spacial score (nSPS) is 12.6. The van der Waals surface area contributed by atoms with E-state index in [1.807, 2.05) is 42.1 Å². The van der Waals surface area contributed by atoms with Gasteiger partial charge in [0.2, 0.25) is 0 Å². The van der Waals surface area contributed by atoms with Gasteiger partial charge < -0.3 is 20.0 Å². The van der Waals surface area contributed by atoms with Gasteiger partial charge in [-0.3, -0.25) is 15.1 Å². The lowest BCUT2D eigenvalue weighted by atomic mass is 10.0. The van der Waals surface area contributed by atoms with Crippen molar-refractivity contribution in [1.29, 1.82) is 0 Å². The topological polar surface area (TPSA) is 133 Å². The number of rotatable bonds is 7. The average molecular weight is 494 g/mol. The Morgan fingerprint density at radius 3 is 2.70 bits per heavy atom. The lowest BCUT2D eigenvalue weighted by Gasteiger charge is -2.16. The number of nitrogens with zero attached hydrogens (tertiary/aromatic N) is 6. The minimum absolute atomic E-state index is 0.384. The predicted molar refractivity (Wildman–Crippen MR) is 143 cm³/mol. The van der Waals surface area contributed by atoms with Gasteiger partial charge in [-0.15, -0.1) is 0 Å². The zero-order chi connectivity index (χ0) is 25.5. The molecule has 1 aromatic carbocycles. The second-order valence-corrected chi connectivity index (χ2v) is 9.65. The Morgan fingerprint density at radius 2 is 1.89 bits per heavy atom. The minimum atomic E-state index is -0.626. The standard InChI is InChI=1S/C27H27N9O/c1-15(2)6-24(37)31-19-7-18(9-28-10-19)17-4-5-21-20(8-17)25(35-34-21)27-32-22-11-29-12-23(26(22)33-27)36-13-16(3)30-14-36/h4-5,7-15,24,31,37H,6H2,1-3H3,(H,32,33)(H,34,35). The van der Waals surface area contributed by atoms with E-state index in [4.69, 9.17) is 4.98 Å². The maximum absolute atomic E-state index is 10.3. The first-order chi connectivity index (χ1) is 17.9. The van der Waals surface area contributed by atoms with Gasteiger partial charge in [-0.05, 0) is 43.0 Å². The van der Waals surface area contributed by atoms with Gasteiger partial charge in [0.15, 0.2) is 5.82 Å². The summed E-state index contributed by atoms with van der Waals surface area (Å²) >= 11 is 0. The van der Waals surface area contributed by atoms with Crippen molar-refractivity contribution < 1.29 is 5.11 Å². The highest BCUT2D eigenvalue weighted by Crippen LogP contribution is 2.32. The van der Waals surface area contributed by atoms with Crippen LogP contribution in [0.15, 0.2) is 61.6 Å². The van der Waals surface area contributed by atoms with Crippen LogP contribution in [-0.4, -0.2) is 51.0 Å². The minimum Gasteiger partial charge on any atom is -0.374 e. The highest BCUT2D eigenvalue weighted by molar-refractivity contribution is 5.96. The number of nitrogens with one attached hydrogen (secondary N) is 3. The van der Waals surface area contributed by atoms with E-state index in [9.17, 15) is 5.11 Å². The number of pyridine rings is 2. The van der Waals surface area contributed by atoms with Crippen LogP contribution in [0.25, 0.3) is 50.3 Å². The molecule has 37 heavy (non-hydrogen) atoms. The second-order valence-electron chi connectivity index (χ2n) is 9.65. The third-order valence-electron chi connectivity index (χ3n) is 6.25. The number of aliphatic hydroxyl groups is 1. The molecule has 0 spiro atoms. The zero-order valence-corrected chi connectivity index (χ0v) is 20.8. The van der Waals surface area contributed by atoms with Crippen LogP contribution < -0.4 is 5.32 Å². The van der Waals surface area contributed by atoms with Crippen LogP contribution in [0.1, 0.15) is 26.0 Å². The Balaban J connectivity index is 1.37. The van der Waals surface area contributed by atoms with E-state index in [1.54, 1.807) is 24.9 Å². The molecule has 0 amide bonds. The zero-order valence-electron chi connectivity index (χ0n) is 20.8. The number of imidazole rings is 2. The molecule has 6 aromatic rings. The number of H-pyrrole nitrogens is 2. The maximum atomic E-state index is 10.3. The van der Waals surface area contributed by atoms with Crippen LogP contribution in [0.4, 0.5) is 5.69 Å². The summed E-state index contributed by atoms with van der Waals surface area (Å²) in [6, 6.07) is 8.09. The molecule has 0 aliphatic carbocycles. The van der Waals surface area contributed by atoms with E-state index in [0.29, 0.717) is 18.2 Å². The molecule has 0 saturated heterocycles. The molecule has 0 radical (unpaired) electrons. The van der Waals surface area contributed by atoms with E-state index in [1.165, 1.54) is 0 Å². The van der Waals surface area contributed by atoms with Crippen molar-refractivity contribution >= 4 is 27.6 Å². The fourth-order valence-corrected chi connectivity index (χ4v) is 4.52. The molecule has 5 heterocycles. The molecule has 0 aliphatic rings. The van der Waals surface area contributed by atoms with Crippen molar-refractivity contribution in [3.8, 4) is 28.3 Å². The monoisotopic (exact) mass is 493 g/mol. The summed E-state index contributed by atoms with van der Waals surface area (Å²) in [7, 11) is 0. The molecule has 5 aromatic heterocycles. The quantitative estimate of drug-likeness (QED) is 0.234. The number of aryl methyl sites for hydroxylation is 1. The van der Waals surface area contributed by atoms with Crippen LogP contribution in [0.3, 0.4) is 0 Å². The first kappa shape index (κ1) is 22.9. The van der Waals surface area contributed by atoms with Crippen LogP contribution in [0, 0.1) is 12.8 Å². The molecule has 10 heteroatoms. The summed E-state index contributed by atoms with van der Waals surface area (Å²) in [5, 5.41) is 22.0. The van der Waals surface area contributed by atoms with Crippen molar-refractivity contribution in [3.05, 3.63) is 67.3 Å². The van der Waals surface area contributed by atoms with Crippen LogP contribution in [0.2, 0.25) is 0 Å². The van der Waals surface area contributed by atoms with Gasteiger partial charge >= 0.3 is 0 Å². The van der Waals surface area contributed by atoms with Gasteiger partial charge in [0.25, 0.3) is 0 Å². The Labute approximate surface area is 212 Å². The number of aromatic amines is 2. The third kappa shape index (κ3) is 4.43. The molecule has 1 unspecified atom stereocenters. The van der Waals surface area contributed by atoms with Crippen molar-refractivity contribution in [1.82, 2.24) is 39.7 Å². The Bertz CT molecular complexity index is 1710. The molecule has 6 rings (SSSR count). The van der Waals surface area contributed by atoms with E-state index < -0.39 is 6.23 Å². The van der Waals surface area contributed by atoms with E-state index in [0.717, 1.165) is 55.8 Å². The smallest absolute Gasteiger partial charge is 0.159 e. The molecular formula is C27H27N9O. The fraction of sp³-hybridized carbons (Fsp3) is 0.222. The highest BCUT2D eigenvalue weighted by Gasteiger charge is 2.16. The highest BCUT2D eigenvalue weighted by atomic mass is 16.3. The van der Waals surface area contributed by atoms with Crippen LogP contribution >= 0.6 is 0 Å². The second kappa shape index (κ2) is 9.14. The van der Waals surface area contributed by atoms with Crippen molar-refractivity contribution in [2.75, 3.05) is 5.32 Å². The van der Waals surface area contributed by atoms with Gasteiger partial charge in [-0.25, -0.2) is 9.97 Å². The number of hydrogen-bond acceptors (Lipinski definition) is 7. The van der Waals surface area contributed by atoms with E-state index in [2.05, 4.69) is 55.4 Å². The summed E-state index contributed by atoms with van der Waals surface area (Å²) in [6.45, 7) is 6.10. The lowest BCUT2D eigenvalue weighted by Crippen LogP contribution is -2.20. The molecule has 0 aliphatic heterocycles. The molecule has 186 valence electrons. The van der Waals surface area contributed by atoms with Gasteiger partial charge in [-0.1, -0.05) is 19.9 Å². The molecule has 0 bridgehead atoms. The Morgan fingerprint density at radius 1 is 1.03 bits per heavy atom. The number of fused-ring (bicyclic) bond motifs is 2. The first-order valence-electron chi connectivity index (χ1n) is 12.2. The average Bonchev–Trinajstić information content (AvgIpc) is 3.60. The van der Waals surface area contributed by atoms with Gasteiger partial charge in [0.05, 0.1) is 53.0 Å². The third-order valence-corrected chi connectivity index (χ3v) is 6.25. The van der Waals surface area contributed by atoms with Crippen molar-refractivity contribution in [2.24, 2.45) is 5.92 Å². The van der Waals surface area contributed by atoms with E-state index in [-0.39, 0.29) is 0 Å². The number of anilines is 1. The lowest BCUT2D eigenvalue weighted by molar-refractivity contribution is 0.176. The molecule has 0 fully saturated rings. The molecule has 0 saturated carbocycles. The summed E-state index contributed by atoms with van der Waals surface area (Å²) in [6.07, 6.45) is 10.8. The molecule has 1 atom stereocenters. The van der Waals surface area contributed by atoms with Crippen molar-refractivity contribution in [2.45, 2.75) is 33.4 Å². The maximum Gasteiger partial charge on any atom is 0.159 e. The van der Waals surface area contributed by atoms with Gasteiger partial charge in [0, 0.05) is 23.3 Å².